The summed E-state index contributed by atoms with van der Waals surface area (Å²) in [5.41, 5.74) is 2.74. The van der Waals surface area contributed by atoms with Crippen LogP contribution in [0.4, 0.5) is 18.9 Å². The van der Waals surface area contributed by atoms with Crippen molar-refractivity contribution >= 4 is 23.2 Å². The van der Waals surface area contributed by atoms with Crippen molar-refractivity contribution < 1.29 is 18.0 Å². The lowest BCUT2D eigenvalue weighted by Crippen LogP contribution is -2.33. The van der Waals surface area contributed by atoms with E-state index in [2.05, 4.69) is 22.4 Å². The van der Waals surface area contributed by atoms with Crippen LogP contribution in [0.3, 0.4) is 0 Å². The van der Waals surface area contributed by atoms with E-state index in [0.717, 1.165) is 17.7 Å². The molecule has 0 radical (unpaired) electrons. The summed E-state index contributed by atoms with van der Waals surface area (Å²) in [6, 6.07) is 16.6. The summed E-state index contributed by atoms with van der Waals surface area (Å²) in [4.78, 5) is 19.3. The van der Waals surface area contributed by atoms with Gasteiger partial charge >= 0.3 is 6.18 Å². The van der Waals surface area contributed by atoms with Crippen molar-refractivity contribution in [1.29, 1.82) is 0 Å². The van der Waals surface area contributed by atoms with Gasteiger partial charge in [-0.25, -0.2) is 4.98 Å². The zero-order chi connectivity index (χ0) is 24.3. The highest BCUT2D eigenvalue weighted by Gasteiger charge is 2.30. The molecule has 1 aliphatic rings. The molecule has 0 spiro atoms. The number of hydrogen-bond donors (Lipinski definition) is 1. The van der Waals surface area contributed by atoms with Gasteiger partial charge in [-0.05, 0) is 60.1 Å². The third-order valence-corrected chi connectivity index (χ3v) is 6.16. The minimum Gasteiger partial charge on any atom is -0.386 e. The Morgan fingerprint density at radius 3 is 2.47 bits per heavy atom. The van der Waals surface area contributed by atoms with Gasteiger partial charge in [0.05, 0.1) is 11.3 Å². The van der Waals surface area contributed by atoms with Crippen LogP contribution in [0.25, 0.3) is 0 Å². The normalized spacial score (nSPS) is 13.6. The van der Waals surface area contributed by atoms with Crippen LogP contribution in [-0.4, -0.2) is 29.4 Å². The van der Waals surface area contributed by atoms with E-state index in [1.54, 1.807) is 30.1 Å². The molecule has 1 fully saturated rings. The fraction of sp³-hybridized carbons (Fsp3) is 0.308. The van der Waals surface area contributed by atoms with E-state index in [1.807, 2.05) is 12.1 Å². The number of benzene rings is 2. The Morgan fingerprint density at radius 1 is 1.09 bits per heavy atom. The minimum atomic E-state index is -4.42. The molecule has 1 N–H and O–H groups in total. The molecule has 0 saturated heterocycles. The maximum atomic E-state index is 13.5. The number of anilines is 1. The second-order valence-electron chi connectivity index (χ2n) is 8.47. The Morgan fingerprint density at radius 2 is 1.82 bits per heavy atom. The molecule has 8 heteroatoms. The zero-order valence-electron chi connectivity index (χ0n) is 18.7. The molecule has 34 heavy (non-hydrogen) atoms. The van der Waals surface area contributed by atoms with Crippen molar-refractivity contribution in [1.82, 2.24) is 9.88 Å². The van der Waals surface area contributed by atoms with Gasteiger partial charge in [0.2, 0.25) is 0 Å². The van der Waals surface area contributed by atoms with Crippen molar-refractivity contribution in [3.05, 3.63) is 93.8 Å². The van der Waals surface area contributed by atoms with Gasteiger partial charge in [0.25, 0.3) is 5.91 Å². The predicted octanol–water partition coefficient (Wildman–Crippen LogP) is 6.56. The first-order valence-electron chi connectivity index (χ1n) is 11.1. The molecule has 4 nitrogen and oxygen atoms in total. The molecule has 4 rings (SSSR count). The number of rotatable bonds is 8. The number of carbonyl (C=O) groups is 1. The largest absolute Gasteiger partial charge is 0.416 e. The number of nitrogens with one attached hydrogen (secondary N) is 1. The van der Waals surface area contributed by atoms with E-state index in [0.29, 0.717) is 23.7 Å². The average molecular weight is 488 g/mol. The summed E-state index contributed by atoms with van der Waals surface area (Å²) < 4.78 is 39.4. The van der Waals surface area contributed by atoms with Gasteiger partial charge < -0.3 is 10.2 Å². The number of halogens is 4. The molecule has 1 aliphatic carbocycles. The topological polar surface area (TPSA) is 45.2 Å². The summed E-state index contributed by atoms with van der Waals surface area (Å²) >= 11 is 6.05. The van der Waals surface area contributed by atoms with Crippen LogP contribution in [0.5, 0.6) is 0 Å². The van der Waals surface area contributed by atoms with Crippen LogP contribution in [0.1, 0.15) is 51.5 Å². The second-order valence-corrected chi connectivity index (χ2v) is 8.86. The first kappa shape index (κ1) is 24.1. The Labute approximate surface area is 201 Å². The molecule has 2 aromatic carbocycles. The molecule has 1 heterocycles. The molecular formula is C26H25ClF3N3O. The Hall–Kier alpha value is -3.06. The third-order valence-electron chi connectivity index (χ3n) is 5.95. The number of alkyl halides is 3. The van der Waals surface area contributed by atoms with E-state index < -0.39 is 11.7 Å². The standard InChI is InChI=1S/C26H25ClF3N3O/c1-31-22-11-12-23(27)32-24(22)25(34)33(16-18-5-7-19(8-6-18)20-9-10-20)14-13-17-3-2-4-21(15-17)26(28,29)30/h2-8,11-12,15,20,31H,9-10,13-14,16H2,1H3. The fourth-order valence-corrected chi connectivity index (χ4v) is 4.05. The maximum absolute atomic E-state index is 13.5. The lowest BCUT2D eigenvalue weighted by Gasteiger charge is -2.24. The van der Waals surface area contributed by atoms with Crippen LogP contribution in [0, 0.1) is 0 Å². The molecule has 1 amide bonds. The number of aromatic nitrogens is 1. The smallest absolute Gasteiger partial charge is 0.386 e. The molecule has 0 atom stereocenters. The fourth-order valence-electron chi connectivity index (χ4n) is 3.90. The van der Waals surface area contributed by atoms with Gasteiger partial charge in [-0.1, -0.05) is 54.1 Å². The van der Waals surface area contributed by atoms with E-state index in [-0.39, 0.29) is 29.7 Å². The molecule has 1 aromatic heterocycles. The van der Waals surface area contributed by atoms with Crippen LogP contribution < -0.4 is 5.32 Å². The van der Waals surface area contributed by atoms with Crippen molar-refractivity contribution in [2.24, 2.45) is 0 Å². The Bertz CT molecular complexity index is 1160. The predicted molar refractivity (Wildman–Crippen MR) is 127 cm³/mol. The van der Waals surface area contributed by atoms with Crippen LogP contribution in [0.15, 0.2) is 60.7 Å². The van der Waals surface area contributed by atoms with E-state index >= 15 is 0 Å². The molecular weight excluding hydrogens is 463 g/mol. The quantitative estimate of drug-likeness (QED) is 0.366. The molecule has 0 unspecified atom stereocenters. The van der Waals surface area contributed by atoms with Crippen molar-refractivity contribution in [3.63, 3.8) is 0 Å². The molecule has 1 saturated carbocycles. The number of pyridine rings is 1. The number of amides is 1. The number of hydrogen-bond acceptors (Lipinski definition) is 3. The lowest BCUT2D eigenvalue weighted by atomic mass is 10.1. The third kappa shape index (κ3) is 5.89. The van der Waals surface area contributed by atoms with Crippen LogP contribution in [0.2, 0.25) is 5.15 Å². The maximum Gasteiger partial charge on any atom is 0.416 e. The van der Waals surface area contributed by atoms with E-state index in [1.165, 1.54) is 24.5 Å². The summed E-state index contributed by atoms with van der Waals surface area (Å²) in [7, 11) is 1.69. The van der Waals surface area contributed by atoms with Gasteiger partial charge in [-0.15, -0.1) is 0 Å². The Kier molecular flexibility index (Phi) is 7.12. The summed E-state index contributed by atoms with van der Waals surface area (Å²) in [5.74, 6) is 0.284. The molecule has 3 aromatic rings. The average Bonchev–Trinajstić information content (AvgIpc) is 3.67. The first-order chi connectivity index (χ1) is 16.2. The van der Waals surface area contributed by atoms with E-state index in [4.69, 9.17) is 11.6 Å². The number of nitrogens with zero attached hydrogens (tertiary/aromatic N) is 2. The first-order valence-corrected chi connectivity index (χ1v) is 11.5. The zero-order valence-corrected chi connectivity index (χ0v) is 19.5. The van der Waals surface area contributed by atoms with Gasteiger partial charge in [-0.2, -0.15) is 13.2 Å². The molecule has 0 aliphatic heterocycles. The Balaban J connectivity index is 1.58. The molecule has 0 bridgehead atoms. The van der Waals surface area contributed by atoms with Crippen molar-refractivity contribution in [3.8, 4) is 0 Å². The summed E-state index contributed by atoms with van der Waals surface area (Å²) in [6.07, 6.45) is -1.74. The van der Waals surface area contributed by atoms with Crippen LogP contribution >= 0.6 is 11.6 Å². The monoisotopic (exact) mass is 487 g/mol. The highest BCUT2D eigenvalue weighted by atomic mass is 35.5. The SMILES string of the molecule is CNc1ccc(Cl)nc1C(=O)N(CCc1cccc(C(F)(F)F)c1)Cc1ccc(C2CC2)cc1. The van der Waals surface area contributed by atoms with Crippen molar-refractivity contribution in [2.75, 3.05) is 18.9 Å². The van der Waals surface area contributed by atoms with Gasteiger partial charge in [0.1, 0.15) is 5.15 Å². The number of carbonyl (C=O) groups excluding carboxylic acids is 1. The van der Waals surface area contributed by atoms with Crippen molar-refractivity contribution in [2.45, 2.75) is 37.9 Å². The van der Waals surface area contributed by atoms with Gasteiger partial charge in [0, 0.05) is 20.1 Å². The lowest BCUT2D eigenvalue weighted by molar-refractivity contribution is -0.137. The minimum absolute atomic E-state index is 0.175. The van der Waals surface area contributed by atoms with Gasteiger partial charge in [0.15, 0.2) is 5.69 Å². The summed E-state index contributed by atoms with van der Waals surface area (Å²) in [6.45, 7) is 0.530. The van der Waals surface area contributed by atoms with Gasteiger partial charge in [-0.3, -0.25) is 4.79 Å². The molecule has 178 valence electrons. The van der Waals surface area contributed by atoms with E-state index in [9.17, 15) is 18.0 Å². The second kappa shape index (κ2) is 10.1. The van der Waals surface area contributed by atoms with Crippen LogP contribution in [-0.2, 0) is 19.1 Å². The highest BCUT2D eigenvalue weighted by Crippen LogP contribution is 2.40. The highest BCUT2D eigenvalue weighted by molar-refractivity contribution is 6.29. The summed E-state index contributed by atoms with van der Waals surface area (Å²) in [5, 5.41) is 3.14.